The maximum absolute atomic E-state index is 5.75. The summed E-state index contributed by atoms with van der Waals surface area (Å²) in [5, 5.41) is 2.91. The summed E-state index contributed by atoms with van der Waals surface area (Å²) >= 11 is 1.56. The van der Waals surface area contributed by atoms with Crippen molar-refractivity contribution in [1.82, 2.24) is 0 Å². The number of thiophene rings is 1. The number of nitrogens with two attached hydrogens (primary N) is 1. The lowest BCUT2D eigenvalue weighted by atomic mass is 10.0. The van der Waals surface area contributed by atoms with Crippen LogP contribution < -0.4 is 5.73 Å². The van der Waals surface area contributed by atoms with Crippen molar-refractivity contribution in [2.45, 2.75) is 6.92 Å². The average molecular weight is 242 g/mol. The van der Waals surface area contributed by atoms with Gasteiger partial charge in [0.1, 0.15) is 0 Å². The Morgan fingerprint density at radius 1 is 1.29 bits per heavy atom. The highest BCUT2D eigenvalue weighted by Gasteiger charge is 2.02. The fraction of sp³-hybridized carbons (Fsp3) is 0.0714. The summed E-state index contributed by atoms with van der Waals surface area (Å²) in [7, 11) is 0. The first-order valence-corrected chi connectivity index (χ1v) is 6.16. The number of nitrogens with zero attached hydrogens (tertiary/aromatic N) is 1. The quantitative estimate of drug-likeness (QED) is 0.812. The molecule has 0 bridgehead atoms. The van der Waals surface area contributed by atoms with Crippen LogP contribution in [0, 0.1) is 6.92 Å². The van der Waals surface area contributed by atoms with Crippen molar-refractivity contribution in [1.29, 1.82) is 0 Å². The molecule has 0 aliphatic heterocycles. The van der Waals surface area contributed by atoms with Crippen LogP contribution in [-0.4, -0.2) is 6.72 Å². The molecular weight excluding hydrogens is 228 g/mol. The molecule has 2 N–H and O–H groups in total. The zero-order valence-electron chi connectivity index (χ0n) is 9.68. The number of nitrogen functional groups attached to an aromatic ring is 1. The Labute approximate surface area is 105 Å². The van der Waals surface area contributed by atoms with Crippen LogP contribution in [0.2, 0.25) is 0 Å². The molecule has 0 saturated heterocycles. The molecule has 1 heterocycles. The van der Waals surface area contributed by atoms with E-state index in [1.807, 2.05) is 12.1 Å². The molecular formula is C14H14N2S. The Morgan fingerprint density at radius 2 is 2.12 bits per heavy atom. The second-order valence-electron chi connectivity index (χ2n) is 3.81. The summed E-state index contributed by atoms with van der Waals surface area (Å²) in [6, 6.07) is 8.34. The molecule has 0 fully saturated rings. The molecule has 0 unspecified atom stereocenters. The van der Waals surface area contributed by atoms with Crippen molar-refractivity contribution >= 4 is 29.1 Å². The fourth-order valence-corrected chi connectivity index (χ4v) is 2.30. The van der Waals surface area contributed by atoms with Crippen molar-refractivity contribution in [3.05, 3.63) is 47.0 Å². The van der Waals surface area contributed by atoms with E-state index in [0.29, 0.717) is 0 Å². The average Bonchev–Trinajstić information content (AvgIpc) is 2.75. The Bertz CT molecular complexity index is 567. The number of aliphatic imine (C=N–C) groups is 1. The minimum Gasteiger partial charge on any atom is -0.391 e. The van der Waals surface area contributed by atoms with Crippen LogP contribution in [0.3, 0.4) is 0 Å². The Morgan fingerprint density at radius 3 is 2.76 bits per heavy atom. The monoisotopic (exact) mass is 242 g/mol. The first kappa shape index (κ1) is 11.6. The van der Waals surface area contributed by atoms with Crippen molar-refractivity contribution in [2.24, 2.45) is 4.99 Å². The highest BCUT2D eigenvalue weighted by molar-refractivity contribution is 7.14. The van der Waals surface area contributed by atoms with E-state index in [0.717, 1.165) is 16.1 Å². The van der Waals surface area contributed by atoms with Gasteiger partial charge in [-0.05, 0) is 54.1 Å². The van der Waals surface area contributed by atoms with Crippen LogP contribution in [0.1, 0.15) is 11.1 Å². The number of benzene rings is 1. The second-order valence-corrected chi connectivity index (χ2v) is 4.75. The lowest BCUT2D eigenvalue weighted by molar-refractivity contribution is 1.44. The molecule has 0 saturated carbocycles. The van der Waals surface area contributed by atoms with Crippen LogP contribution in [0.15, 0.2) is 40.8 Å². The van der Waals surface area contributed by atoms with E-state index in [2.05, 4.69) is 42.2 Å². The van der Waals surface area contributed by atoms with Crippen LogP contribution in [0.4, 0.5) is 5.00 Å². The van der Waals surface area contributed by atoms with Gasteiger partial charge in [-0.3, -0.25) is 4.99 Å². The molecule has 17 heavy (non-hydrogen) atoms. The van der Waals surface area contributed by atoms with Crippen molar-refractivity contribution < 1.29 is 0 Å². The molecule has 1 aromatic heterocycles. The molecule has 86 valence electrons. The predicted molar refractivity (Wildman–Crippen MR) is 77.5 cm³/mol. The molecule has 2 aromatic rings. The third-order valence-corrected chi connectivity index (χ3v) is 3.35. The van der Waals surface area contributed by atoms with E-state index in [-0.39, 0.29) is 0 Å². The van der Waals surface area contributed by atoms with Crippen LogP contribution in [0.25, 0.3) is 17.2 Å². The van der Waals surface area contributed by atoms with Gasteiger partial charge < -0.3 is 5.73 Å². The Kier molecular flexibility index (Phi) is 3.40. The zero-order chi connectivity index (χ0) is 12.3. The summed E-state index contributed by atoms with van der Waals surface area (Å²) in [4.78, 5) is 3.73. The lowest BCUT2D eigenvalue weighted by Crippen LogP contribution is -1.83. The van der Waals surface area contributed by atoms with E-state index < -0.39 is 0 Å². The van der Waals surface area contributed by atoms with Crippen molar-refractivity contribution in [3.63, 3.8) is 0 Å². The number of hydrogen-bond donors (Lipinski definition) is 1. The van der Waals surface area contributed by atoms with Gasteiger partial charge in [0.2, 0.25) is 0 Å². The third-order valence-electron chi connectivity index (χ3n) is 2.59. The van der Waals surface area contributed by atoms with E-state index in [9.17, 15) is 0 Å². The van der Waals surface area contributed by atoms with Crippen LogP contribution in [0.5, 0.6) is 0 Å². The second kappa shape index (κ2) is 4.97. The molecule has 0 amide bonds. The number of aryl methyl sites for hydroxylation is 1. The maximum atomic E-state index is 5.75. The van der Waals surface area contributed by atoms with Gasteiger partial charge in [0.15, 0.2) is 0 Å². The van der Waals surface area contributed by atoms with E-state index >= 15 is 0 Å². The fourth-order valence-electron chi connectivity index (χ4n) is 1.64. The van der Waals surface area contributed by atoms with Gasteiger partial charge in [0.25, 0.3) is 0 Å². The zero-order valence-corrected chi connectivity index (χ0v) is 10.5. The molecule has 0 atom stereocenters. The van der Waals surface area contributed by atoms with Crippen LogP contribution >= 0.6 is 11.3 Å². The number of rotatable bonds is 3. The molecule has 0 spiro atoms. The smallest absolute Gasteiger partial charge is 0.0862 e. The third kappa shape index (κ3) is 2.63. The molecule has 0 radical (unpaired) electrons. The molecule has 3 heteroatoms. The largest absolute Gasteiger partial charge is 0.391 e. The highest BCUT2D eigenvalue weighted by Crippen LogP contribution is 2.28. The summed E-state index contributed by atoms with van der Waals surface area (Å²) in [6.45, 7) is 5.52. The summed E-state index contributed by atoms with van der Waals surface area (Å²) in [5.41, 5.74) is 10.5. The SMILES string of the molecule is C=N/C=C\c1cc(-c2csc(N)c2)ccc1C. The molecule has 0 aliphatic rings. The normalized spacial score (nSPS) is 10.9. The van der Waals surface area contributed by atoms with Crippen LogP contribution in [-0.2, 0) is 0 Å². The Balaban J connectivity index is 2.43. The summed E-state index contributed by atoms with van der Waals surface area (Å²) in [6.07, 6.45) is 3.66. The van der Waals surface area contributed by atoms with Crippen molar-refractivity contribution in [2.75, 3.05) is 5.73 Å². The summed E-state index contributed by atoms with van der Waals surface area (Å²) in [5.74, 6) is 0. The van der Waals surface area contributed by atoms with Gasteiger partial charge in [0, 0.05) is 11.6 Å². The lowest BCUT2D eigenvalue weighted by Gasteiger charge is -2.03. The summed E-state index contributed by atoms with van der Waals surface area (Å²) < 4.78 is 0. The van der Waals surface area contributed by atoms with Gasteiger partial charge in [-0.15, -0.1) is 11.3 Å². The Hall–Kier alpha value is -1.87. The molecule has 1 aromatic carbocycles. The minimum absolute atomic E-state index is 0.838. The standard InChI is InChI=1S/C14H14N2S/c1-10-3-4-12(7-11(10)5-6-16-2)13-8-14(15)17-9-13/h3-9H,2,15H2,1H3/b6-5-. The molecule has 2 rings (SSSR count). The van der Waals surface area contributed by atoms with Gasteiger partial charge in [0.05, 0.1) is 5.00 Å². The van der Waals surface area contributed by atoms with Gasteiger partial charge >= 0.3 is 0 Å². The van der Waals surface area contributed by atoms with Crippen molar-refractivity contribution in [3.8, 4) is 11.1 Å². The predicted octanol–water partition coefficient (Wildman–Crippen LogP) is 3.98. The first-order chi connectivity index (χ1) is 8.20. The maximum Gasteiger partial charge on any atom is 0.0862 e. The van der Waals surface area contributed by atoms with Gasteiger partial charge in [-0.25, -0.2) is 0 Å². The topological polar surface area (TPSA) is 38.4 Å². The van der Waals surface area contributed by atoms with E-state index in [4.69, 9.17) is 5.73 Å². The minimum atomic E-state index is 0.838. The van der Waals surface area contributed by atoms with E-state index in [1.165, 1.54) is 11.1 Å². The number of anilines is 1. The van der Waals surface area contributed by atoms with Gasteiger partial charge in [-0.1, -0.05) is 12.1 Å². The molecule has 2 nitrogen and oxygen atoms in total. The first-order valence-electron chi connectivity index (χ1n) is 5.28. The van der Waals surface area contributed by atoms with Gasteiger partial charge in [-0.2, -0.15) is 0 Å². The molecule has 0 aliphatic carbocycles. The number of hydrogen-bond acceptors (Lipinski definition) is 3. The van der Waals surface area contributed by atoms with E-state index in [1.54, 1.807) is 17.5 Å². The highest BCUT2D eigenvalue weighted by atomic mass is 32.1.